The van der Waals surface area contributed by atoms with Crippen molar-refractivity contribution < 1.29 is 4.74 Å². The van der Waals surface area contributed by atoms with Crippen molar-refractivity contribution in [2.24, 2.45) is 23.7 Å². The van der Waals surface area contributed by atoms with Crippen molar-refractivity contribution in [1.82, 2.24) is 0 Å². The summed E-state index contributed by atoms with van der Waals surface area (Å²) in [5.41, 5.74) is 6.52. The fourth-order valence-corrected chi connectivity index (χ4v) is 6.09. The van der Waals surface area contributed by atoms with Crippen LogP contribution >= 0.6 is 0 Å². The fourth-order valence-electron chi connectivity index (χ4n) is 6.09. The SMILES string of the molecule is CC(C)c1ccc2c(c1C(C)C)CCC2.COC1CCCC(C(C)C)C1C(C)C. The van der Waals surface area contributed by atoms with Crippen molar-refractivity contribution in [1.29, 1.82) is 0 Å². The molecule has 0 bridgehead atoms. The molecule has 3 atom stereocenters. The van der Waals surface area contributed by atoms with Gasteiger partial charge in [-0.2, -0.15) is 0 Å². The Morgan fingerprint density at radius 3 is 2.00 bits per heavy atom. The molecule has 0 aromatic heterocycles. The van der Waals surface area contributed by atoms with E-state index in [9.17, 15) is 0 Å². The van der Waals surface area contributed by atoms with Crippen molar-refractivity contribution in [3.05, 3.63) is 34.4 Å². The van der Waals surface area contributed by atoms with E-state index >= 15 is 0 Å². The number of hydrogen-bond acceptors (Lipinski definition) is 1. The van der Waals surface area contributed by atoms with Crippen LogP contribution in [0.25, 0.3) is 0 Å². The zero-order chi connectivity index (χ0) is 21.7. The van der Waals surface area contributed by atoms with Gasteiger partial charge in [0, 0.05) is 7.11 Å². The van der Waals surface area contributed by atoms with Gasteiger partial charge < -0.3 is 4.74 Å². The minimum absolute atomic E-state index is 0.510. The topological polar surface area (TPSA) is 9.23 Å². The van der Waals surface area contributed by atoms with Gasteiger partial charge in [-0.1, -0.05) is 73.9 Å². The Labute approximate surface area is 182 Å². The van der Waals surface area contributed by atoms with Crippen LogP contribution in [0.5, 0.6) is 0 Å². The van der Waals surface area contributed by atoms with Crippen LogP contribution < -0.4 is 0 Å². The summed E-state index contributed by atoms with van der Waals surface area (Å²) >= 11 is 0. The van der Waals surface area contributed by atoms with E-state index < -0.39 is 0 Å². The second-order valence-electron chi connectivity index (χ2n) is 10.8. The van der Waals surface area contributed by atoms with E-state index in [0.29, 0.717) is 17.9 Å². The number of methoxy groups -OCH3 is 1. The first-order valence-corrected chi connectivity index (χ1v) is 12.4. The molecule has 1 fully saturated rings. The lowest BCUT2D eigenvalue weighted by Crippen LogP contribution is -2.39. The maximum absolute atomic E-state index is 5.65. The zero-order valence-corrected chi connectivity index (χ0v) is 20.8. The third kappa shape index (κ3) is 5.87. The van der Waals surface area contributed by atoms with E-state index in [1.807, 2.05) is 7.11 Å². The standard InChI is InChI=1S/C15H22.C13H26O/c1-10(2)13-9-8-12-6-5-7-14(12)15(13)11(3)4;1-9(2)11-7-6-8-12(14-5)13(11)10(3)4/h8-11H,5-7H2,1-4H3;9-13H,6-8H2,1-5H3. The third-order valence-electron chi connectivity index (χ3n) is 7.44. The van der Waals surface area contributed by atoms with Gasteiger partial charge in [0.1, 0.15) is 0 Å². The summed E-state index contributed by atoms with van der Waals surface area (Å²) in [7, 11) is 1.88. The zero-order valence-electron chi connectivity index (χ0n) is 20.8. The molecule has 0 heterocycles. The van der Waals surface area contributed by atoms with Gasteiger partial charge in [-0.05, 0) is 89.9 Å². The highest BCUT2D eigenvalue weighted by Crippen LogP contribution is 2.40. The monoisotopic (exact) mass is 400 g/mol. The highest BCUT2D eigenvalue weighted by atomic mass is 16.5. The van der Waals surface area contributed by atoms with Crippen molar-refractivity contribution in [3.8, 4) is 0 Å². The smallest absolute Gasteiger partial charge is 0.0604 e. The maximum Gasteiger partial charge on any atom is 0.0604 e. The number of rotatable bonds is 5. The molecule has 3 rings (SSSR count). The Morgan fingerprint density at radius 2 is 1.48 bits per heavy atom. The summed E-state index contributed by atoms with van der Waals surface area (Å²) in [5.74, 6) is 4.54. The molecule has 1 aromatic rings. The van der Waals surface area contributed by atoms with Crippen molar-refractivity contribution in [2.75, 3.05) is 7.11 Å². The van der Waals surface area contributed by atoms with Crippen LogP contribution in [0.1, 0.15) is 115 Å². The highest BCUT2D eigenvalue weighted by Gasteiger charge is 2.36. The van der Waals surface area contributed by atoms with Crippen LogP contribution in [-0.4, -0.2) is 13.2 Å². The fraction of sp³-hybridized carbons (Fsp3) is 0.786. The van der Waals surface area contributed by atoms with Gasteiger partial charge >= 0.3 is 0 Å². The number of fused-ring (bicyclic) bond motifs is 1. The average molecular weight is 401 g/mol. The lowest BCUT2D eigenvalue weighted by molar-refractivity contribution is -0.0369. The molecule has 0 spiro atoms. The van der Waals surface area contributed by atoms with Gasteiger partial charge in [0.05, 0.1) is 6.10 Å². The second-order valence-corrected chi connectivity index (χ2v) is 10.8. The maximum atomic E-state index is 5.65. The summed E-state index contributed by atoms with van der Waals surface area (Å²) in [5, 5.41) is 0. The predicted octanol–water partition coefficient (Wildman–Crippen LogP) is 8.15. The largest absolute Gasteiger partial charge is 0.381 e. The van der Waals surface area contributed by atoms with Crippen LogP contribution in [0.2, 0.25) is 0 Å². The summed E-state index contributed by atoms with van der Waals surface area (Å²) in [6, 6.07) is 4.73. The van der Waals surface area contributed by atoms with Gasteiger partial charge in [-0.3, -0.25) is 0 Å². The van der Waals surface area contributed by atoms with Gasteiger partial charge in [0.2, 0.25) is 0 Å². The molecule has 29 heavy (non-hydrogen) atoms. The van der Waals surface area contributed by atoms with Crippen molar-refractivity contribution in [2.45, 2.75) is 112 Å². The first-order chi connectivity index (χ1) is 13.7. The van der Waals surface area contributed by atoms with Crippen LogP contribution in [-0.2, 0) is 17.6 Å². The Morgan fingerprint density at radius 1 is 0.793 bits per heavy atom. The Hall–Kier alpha value is -0.820. The molecule has 1 saturated carbocycles. The Balaban J connectivity index is 0.000000208. The van der Waals surface area contributed by atoms with Gasteiger partial charge in [0.25, 0.3) is 0 Å². The summed E-state index contributed by atoms with van der Waals surface area (Å²) in [6.07, 6.45) is 8.50. The molecule has 1 aromatic carbocycles. The van der Waals surface area contributed by atoms with E-state index in [1.165, 1.54) is 38.5 Å². The second kappa shape index (κ2) is 11.0. The van der Waals surface area contributed by atoms with Crippen molar-refractivity contribution in [3.63, 3.8) is 0 Å². The minimum Gasteiger partial charge on any atom is -0.381 e. The van der Waals surface area contributed by atoms with Gasteiger partial charge in [-0.25, -0.2) is 0 Å². The molecular formula is C28H48O. The van der Waals surface area contributed by atoms with E-state index in [4.69, 9.17) is 4.74 Å². The molecule has 0 saturated heterocycles. The Kier molecular flexibility index (Phi) is 9.26. The predicted molar refractivity (Wildman–Crippen MR) is 128 cm³/mol. The quantitative estimate of drug-likeness (QED) is 0.484. The molecule has 2 aliphatic carbocycles. The van der Waals surface area contributed by atoms with Crippen molar-refractivity contribution >= 4 is 0 Å². The molecule has 166 valence electrons. The van der Waals surface area contributed by atoms with E-state index in [0.717, 1.165) is 23.7 Å². The third-order valence-corrected chi connectivity index (χ3v) is 7.44. The summed E-state index contributed by atoms with van der Waals surface area (Å²) in [6.45, 7) is 18.7. The molecule has 0 radical (unpaired) electrons. The van der Waals surface area contributed by atoms with Crippen LogP contribution in [0.15, 0.2) is 12.1 Å². The number of ether oxygens (including phenoxy) is 1. The first kappa shape index (κ1) is 24.4. The molecule has 0 N–H and O–H groups in total. The van der Waals surface area contributed by atoms with Crippen LogP contribution in [0.4, 0.5) is 0 Å². The number of aryl methyl sites for hydroxylation is 1. The summed E-state index contributed by atoms with van der Waals surface area (Å²) in [4.78, 5) is 0. The first-order valence-electron chi connectivity index (χ1n) is 12.4. The molecule has 0 aliphatic heterocycles. The molecule has 1 nitrogen and oxygen atoms in total. The molecule has 0 amide bonds. The van der Waals surface area contributed by atoms with Gasteiger partial charge in [-0.15, -0.1) is 0 Å². The van der Waals surface area contributed by atoms with E-state index in [2.05, 4.69) is 67.5 Å². The van der Waals surface area contributed by atoms with E-state index in [-0.39, 0.29) is 0 Å². The highest BCUT2D eigenvalue weighted by molar-refractivity contribution is 5.46. The summed E-state index contributed by atoms with van der Waals surface area (Å²) < 4.78 is 5.65. The van der Waals surface area contributed by atoms with Crippen LogP contribution in [0, 0.1) is 23.7 Å². The molecule has 2 aliphatic rings. The lowest BCUT2D eigenvalue weighted by Gasteiger charge is -2.42. The van der Waals surface area contributed by atoms with Gasteiger partial charge in [0.15, 0.2) is 0 Å². The number of hydrogen-bond donors (Lipinski definition) is 0. The normalized spacial score (nSPS) is 24.2. The Bertz CT molecular complexity index is 625. The molecule has 3 unspecified atom stereocenters. The molecule has 1 heteroatoms. The average Bonchev–Trinajstić information content (AvgIpc) is 3.15. The number of benzene rings is 1. The minimum atomic E-state index is 0.510. The van der Waals surface area contributed by atoms with Crippen LogP contribution in [0.3, 0.4) is 0 Å². The lowest BCUT2D eigenvalue weighted by atomic mass is 9.67. The molecular weight excluding hydrogens is 352 g/mol. The van der Waals surface area contributed by atoms with E-state index in [1.54, 1.807) is 22.3 Å².